The number of rotatable bonds is 8. The van der Waals surface area contributed by atoms with Gasteiger partial charge in [0.05, 0.1) is 16.8 Å². The Balaban J connectivity index is 1.73. The fourth-order valence-corrected chi connectivity index (χ4v) is 6.20. The molecule has 0 spiro atoms. The van der Waals surface area contributed by atoms with E-state index in [4.69, 9.17) is 14.5 Å². The number of aliphatic carboxylic acids is 1. The molecular formula is C37H44FN3O5. The number of halogens is 1. The van der Waals surface area contributed by atoms with E-state index in [1.54, 1.807) is 23.7 Å². The lowest BCUT2D eigenvalue weighted by Crippen LogP contribution is -2.39. The van der Waals surface area contributed by atoms with Crippen molar-refractivity contribution in [3.8, 4) is 16.9 Å². The van der Waals surface area contributed by atoms with E-state index >= 15 is 0 Å². The molecular weight excluding hydrogens is 585 g/mol. The summed E-state index contributed by atoms with van der Waals surface area (Å²) in [6, 6.07) is 13.3. The van der Waals surface area contributed by atoms with Gasteiger partial charge in [-0.05, 0) is 88.3 Å². The van der Waals surface area contributed by atoms with Crippen LogP contribution in [0.15, 0.2) is 53.3 Å². The number of benzene rings is 2. The highest BCUT2D eigenvalue weighted by Crippen LogP contribution is 2.45. The maximum absolute atomic E-state index is 13.5. The van der Waals surface area contributed by atoms with Crippen molar-refractivity contribution in [3.63, 3.8) is 0 Å². The van der Waals surface area contributed by atoms with Gasteiger partial charge in [0, 0.05) is 54.1 Å². The van der Waals surface area contributed by atoms with E-state index in [0.717, 1.165) is 59.4 Å². The second-order valence-electron chi connectivity index (χ2n) is 14.1. The van der Waals surface area contributed by atoms with Crippen LogP contribution in [-0.4, -0.2) is 39.3 Å². The first-order valence-electron chi connectivity index (χ1n) is 15.7. The third kappa shape index (κ3) is 6.94. The van der Waals surface area contributed by atoms with Crippen LogP contribution in [0.2, 0.25) is 0 Å². The third-order valence-electron chi connectivity index (χ3n) is 8.77. The van der Waals surface area contributed by atoms with E-state index in [9.17, 15) is 19.1 Å². The van der Waals surface area contributed by atoms with E-state index in [1.165, 1.54) is 18.2 Å². The van der Waals surface area contributed by atoms with Crippen LogP contribution in [0.25, 0.3) is 22.0 Å². The Bertz CT molecular complexity index is 1830. The van der Waals surface area contributed by atoms with Gasteiger partial charge in [-0.25, -0.2) is 9.18 Å². The molecule has 1 aliphatic rings. The Labute approximate surface area is 269 Å². The zero-order chi connectivity index (χ0) is 33.6. The minimum absolute atomic E-state index is 0.154. The molecule has 0 radical (unpaired) electrons. The summed E-state index contributed by atoms with van der Waals surface area (Å²) in [5, 5.41) is 11.2. The number of piperidine rings is 1. The molecule has 0 aliphatic carbocycles. The fraction of sp³-hybridized carbons (Fsp3) is 0.432. The van der Waals surface area contributed by atoms with Gasteiger partial charge in [-0.2, -0.15) is 0 Å². The van der Waals surface area contributed by atoms with Crippen molar-refractivity contribution in [2.24, 2.45) is 12.5 Å². The molecule has 1 aliphatic heterocycles. The molecule has 4 aromatic rings. The number of carbonyl (C=O) groups is 1. The van der Waals surface area contributed by atoms with Crippen molar-refractivity contribution < 1.29 is 23.8 Å². The maximum Gasteiger partial charge on any atom is 0.337 e. The Kier molecular flexibility index (Phi) is 9.01. The number of pyridine rings is 2. The summed E-state index contributed by atoms with van der Waals surface area (Å²) >= 11 is 0. The molecule has 0 saturated carbocycles. The highest BCUT2D eigenvalue weighted by Gasteiger charge is 2.36. The van der Waals surface area contributed by atoms with Crippen molar-refractivity contribution in [2.45, 2.75) is 79.6 Å². The molecule has 0 bridgehead atoms. The Morgan fingerprint density at radius 1 is 1.04 bits per heavy atom. The largest absolute Gasteiger partial charge is 0.488 e. The van der Waals surface area contributed by atoms with E-state index in [0.29, 0.717) is 22.5 Å². The van der Waals surface area contributed by atoms with Gasteiger partial charge >= 0.3 is 5.97 Å². The van der Waals surface area contributed by atoms with Gasteiger partial charge in [-0.15, -0.1) is 0 Å². The molecule has 0 unspecified atom stereocenters. The number of nitrogens with zero attached hydrogens (tertiary/aromatic N) is 3. The number of aryl methyl sites for hydroxylation is 3. The maximum atomic E-state index is 13.5. The monoisotopic (exact) mass is 629 g/mol. The molecule has 244 valence electrons. The van der Waals surface area contributed by atoms with Gasteiger partial charge in [0.2, 0.25) is 0 Å². The quantitative estimate of drug-likeness (QED) is 0.216. The minimum atomic E-state index is -1.23. The lowest BCUT2D eigenvalue weighted by atomic mass is 9.81. The lowest BCUT2D eigenvalue weighted by molar-refractivity contribution is -0.160. The number of carboxylic acids is 1. The van der Waals surface area contributed by atoms with E-state index in [1.807, 2.05) is 52.8 Å². The number of carboxylic acid groups (broad SMARTS) is 1. The second-order valence-corrected chi connectivity index (χ2v) is 14.1. The summed E-state index contributed by atoms with van der Waals surface area (Å²) in [5.74, 6) is -0.999. The van der Waals surface area contributed by atoms with Gasteiger partial charge in [0.15, 0.2) is 6.10 Å². The van der Waals surface area contributed by atoms with Gasteiger partial charge in [0.25, 0.3) is 5.56 Å². The second kappa shape index (κ2) is 12.5. The van der Waals surface area contributed by atoms with E-state index < -0.39 is 17.7 Å². The highest BCUT2D eigenvalue weighted by molar-refractivity contribution is 5.94. The molecule has 1 N–H and O–H groups in total. The molecule has 3 heterocycles. The zero-order valence-electron chi connectivity index (χ0n) is 28.0. The first kappa shape index (κ1) is 33.1. The van der Waals surface area contributed by atoms with Crippen molar-refractivity contribution in [1.82, 2.24) is 9.55 Å². The molecule has 9 heteroatoms. The van der Waals surface area contributed by atoms with Crippen molar-refractivity contribution >= 4 is 22.6 Å². The molecule has 46 heavy (non-hydrogen) atoms. The predicted octanol–water partition coefficient (Wildman–Crippen LogP) is 7.50. The first-order valence-corrected chi connectivity index (χ1v) is 15.7. The lowest BCUT2D eigenvalue weighted by Gasteiger charge is -2.41. The van der Waals surface area contributed by atoms with Crippen LogP contribution in [0.5, 0.6) is 5.75 Å². The van der Waals surface area contributed by atoms with Gasteiger partial charge < -0.3 is 24.0 Å². The summed E-state index contributed by atoms with van der Waals surface area (Å²) in [4.78, 5) is 33.0. The van der Waals surface area contributed by atoms with Gasteiger partial charge in [0.1, 0.15) is 18.2 Å². The van der Waals surface area contributed by atoms with Crippen LogP contribution in [0.1, 0.15) is 76.1 Å². The summed E-state index contributed by atoms with van der Waals surface area (Å²) in [5.41, 5.74) is 5.08. The Morgan fingerprint density at radius 2 is 1.70 bits per heavy atom. The van der Waals surface area contributed by atoms with Crippen LogP contribution in [0, 0.1) is 25.1 Å². The number of hydrogen-bond donors (Lipinski definition) is 1. The summed E-state index contributed by atoms with van der Waals surface area (Å²) in [6.07, 6.45) is 0.671. The molecule has 1 fully saturated rings. The predicted molar refractivity (Wildman–Crippen MR) is 179 cm³/mol. The van der Waals surface area contributed by atoms with Crippen LogP contribution in [0.4, 0.5) is 10.1 Å². The molecule has 0 amide bonds. The molecule has 5 rings (SSSR count). The van der Waals surface area contributed by atoms with Crippen LogP contribution in [-0.2, 0) is 23.2 Å². The van der Waals surface area contributed by atoms with Crippen molar-refractivity contribution in [1.29, 1.82) is 0 Å². The number of hydrogen-bond acceptors (Lipinski definition) is 6. The molecule has 2 aromatic carbocycles. The zero-order valence-corrected chi connectivity index (χ0v) is 28.0. The average Bonchev–Trinajstić information content (AvgIpc) is 2.97. The summed E-state index contributed by atoms with van der Waals surface area (Å²) in [7, 11) is 1.72. The van der Waals surface area contributed by atoms with Crippen LogP contribution >= 0.6 is 0 Å². The minimum Gasteiger partial charge on any atom is -0.488 e. The normalized spacial score (nSPS) is 15.6. The van der Waals surface area contributed by atoms with E-state index in [2.05, 4.69) is 18.7 Å². The number of ether oxygens (including phenoxy) is 2. The molecule has 8 nitrogen and oxygen atoms in total. The Morgan fingerprint density at radius 3 is 2.30 bits per heavy atom. The topological polar surface area (TPSA) is 93.9 Å². The fourth-order valence-electron chi connectivity index (χ4n) is 6.20. The summed E-state index contributed by atoms with van der Waals surface area (Å²) in [6.45, 7) is 15.5. The highest BCUT2D eigenvalue weighted by atomic mass is 19.1. The first-order chi connectivity index (χ1) is 21.5. The standard InChI is InChI=1S/C37H44FN3O5/c1-22-31(25-11-14-28-27(19-25)29(20-30(42)40(28)8)45-21-24-9-12-26(38)13-10-24)33(41-17-15-37(6,7)16-18-41)32(23(2)39-22)34(35(43)44)46-36(3,4)5/h9-14,19-20,34H,15-18,21H2,1-8H3,(H,43,44)/t34-/m0/s1. The van der Waals surface area contributed by atoms with Crippen LogP contribution in [0.3, 0.4) is 0 Å². The van der Waals surface area contributed by atoms with Crippen molar-refractivity contribution in [3.05, 3.63) is 87.2 Å². The van der Waals surface area contributed by atoms with Gasteiger partial charge in [-0.1, -0.05) is 32.0 Å². The third-order valence-corrected chi connectivity index (χ3v) is 8.77. The molecule has 1 atom stereocenters. The van der Waals surface area contributed by atoms with Crippen LogP contribution < -0.4 is 15.2 Å². The number of fused-ring (bicyclic) bond motifs is 1. The number of anilines is 1. The number of aromatic nitrogens is 2. The average molecular weight is 630 g/mol. The smallest absolute Gasteiger partial charge is 0.337 e. The van der Waals surface area contributed by atoms with E-state index in [-0.39, 0.29) is 23.4 Å². The summed E-state index contributed by atoms with van der Waals surface area (Å²) < 4.78 is 27.5. The molecule has 2 aromatic heterocycles. The Hall–Kier alpha value is -4.24. The molecule has 1 saturated heterocycles. The van der Waals surface area contributed by atoms with Gasteiger partial charge in [-0.3, -0.25) is 9.78 Å². The van der Waals surface area contributed by atoms with Crippen molar-refractivity contribution in [2.75, 3.05) is 18.0 Å². The SMILES string of the molecule is Cc1nc(C)c([C@H](OC(C)(C)C)C(=O)O)c(N2CCC(C)(C)CC2)c1-c1ccc2c(c1)c(OCc1ccc(F)cc1)cc(=O)n2C.